The van der Waals surface area contributed by atoms with Crippen molar-refractivity contribution in [2.45, 2.75) is 38.2 Å². The molecular formula is C25H28ClF4N3O3. The van der Waals surface area contributed by atoms with Crippen molar-refractivity contribution < 1.29 is 31.8 Å². The van der Waals surface area contributed by atoms with Gasteiger partial charge < -0.3 is 24.7 Å². The summed E-state index contributed by atoms with van der Waals surface area (Å²) < 4.78 is 64.7. The van der Waals surface area contributed by atoms with Crippen LogP contribution < -0.4 is 10.5 Å². The summed E-state index contributed by atoms with van der Waals surface area (Å²) in [6.45, 7) is 1.68. The number of ether oxygens (including phenoxy) is 2. The van der Waals surface area contributed by atoms with E-state index in [-0.39, 0.29) is 41.0 Å². The molecule has 0 spiro atoms. The Morgan fingerprint density at radius 2 is 1.89 bits per heavy atom. The number of piperidine rings is 1. The van der Waals surface area contributed by atoms with E-state index in [2.05, 4.69) is 4.74 Å². The molecule has 1 fully saturated rings. The first-order valence-corrected chi connectivity index (χ1v) is 11.4. The van der Waals surface area contributed by atoms with E-state index in [0.29, 0.717) is 56.7 Å². The zero-order valence-electron chi connectivity index (χ0n) is 19.7. The van der Waals surface area contributed by atoms with Crippen LogP contribution >= 0.6 is 12.4 Å². The Labute approximate surface area is 212 Å². The molecule has 2 heterocycles. The molecule has 0 unspecified atom stereocenters. The van der Waals surface area contributed by atoms with Gasteiger partial charge in [0.15, 0.2) is 0 Å². The van der Waals surface area contributed by atoms with Gasteiger partial charge in [-0.3, -0.25) is 4.79 Å². The average Bonchev–Trinajstić information content (AvgIpc) is 3.21. The maximum absolute atomic E-state index is 14.4. The first kappa shape index (κ1) is 27.8. The molecular weight excluding hydrogens is 502 g/mol. The fourth-order valence-corrected chi connectivity index (χ4v) is 4.66. The fourth-order valence-electron chi connectivity index (χ4n) is 4.66. The highest BCUT2D eigenvalue weighted by atomic mass is 35.5. The molecule has 0 aliphatic carbocycles. The minimum Gasteiger partial charge on any atom is -0.405 e. The first-order valence-electron chi connectivity index (χ1n) is 11.4. The van der Waals surface area contributed by atoms with Gasteiger partial charge >= 0.3 is 6.36 Å². The smallest absolute Gasteiger partial charge is 0.405 e. The Morgan fingerprint density at radius 1 is 1.17 bits per heavy atom. The number of fused-ring (bicyclic) bond motifs is 1. The highest BCUT2D eigenvalue weighted by Crippen LogP contribution is 2.36. The second kappa shape index (κ2) is 11.5. The molecule has 0 atom stereocenters. The Morgan fingerprint density at radius 3 is 2.53 bits per heavy atom. The molecule has 36 heavy (non-hydrogen) atoms. The Hall–Kier alpha value is -2.82. The van der Waals surface area contributed by atoms with Gasteiger partial charge in [-0.1, -0.05) is 18.2 Å². The number of rotatable bonds is 7. The molecule has 1 aliphatic rings. The van der Waals surface area contributed by atoms with Crippen LogP contribution in [0, 0.1) is 5.82 Å². The van der Waals surface area contributed by atoms with Gasteiger partial charge in [0.05, 0.1) is 23.1 Å². The van der Waals surface area contributed by atoms with Crippen molar-refractivity contribution in [3.8, 4) is 5.75 Å². The number of methoxy groups -OCH3 is 1. The minimum absolute atomic E-state index is 0. The Balaban J connectivity index is 0.00000361. The molecule has 0 radical (unpaired) electrons. The number of likely N-dealkylation sites (tertiary alicyclic amines) is 1. The van der Waals surface area contributed by atoms with Crippen LogP contribution in [0.1, 0.15) is 40.2 Å². The largest absolute Gasteiger partial charge is 0.573 e. The van der Waals surface area contributed by atoms with E-state index < -0.39 is 12.1 Å². The lowest BCUT2D eigenvalue weighted by Crippen LogP contribution is -2.38. The second-order valence-electron chi connectivity index (χ2n) is 8.55. The van der Waals surface area contributed by atoms with Crippen LogP contribution in [0.4, 0.5) is 17.6 Å². The van der Waals surface area contributed by atoms with Gasteiger partial charge in [-0.05, 0) is 48.1 Å². The van der Waals surface area contributed by atoms with Crippen molar-refractivity contribution in [3.63, 3.8) is 0 Å². The summed E-state index contributed by atoms with van der Waals surface area (Å²) in [5, 5.41) is 0.106. The number of nitrogens with two attached hydrogens (primary N) is 1. The summed E-state index contributed by atoms with van der Waals surface area (Å²) >= 11 is 0. The topological polar surface area (TPSA) is 69.7 Å². The summed E-state index contributed by atoms with van der Waals surface area (Å²) in [6, 6.07) is 9.12. The number of carbonyl (C=O) groups excluding carboxylic acids is 1. The first-order chi connectivity index (χ1) is 16.7. The van der Waals surface area contributed by atoms with E-state index >= 15 is 0 Å². The lowest BCUT2D eigenvalue weighted by atomic mass is 9.88. The molecule has 0 saturated carbocycles. The maximum atomic E-state index is 14.4. The normalized spacial score (nSPS) is 14.7. The predicted octanol–water partition coefficient (Wildman–Crippen LogP) is 5.23. The number of nitrogens with zero attached hydrogens (tertiary/aromatic N) is 2. The number of halogens is 5. The quantitative estimate of drug-likeness (QED) is 0.426. The number of amides is 1. The number of hydrogen-bond donors (Lipinski definition) is 1. The van der Waals surface area contributed by atoms with Crippen molar-refractivity contribution in [3.05, 3.63) is 65.1 Å². The molecule has 2 N–H and O–H groups in total. The van der Waals surface area contributed by atoms with Crippen LogP contribution in [-0.2, 0) is 17.8 Å². The van der Waals surface area contributed by atoms with Crippen LogP contribution in [0.3, 0.4) is 0 Å². The third-order valence-electron chi connectivity index (χ3n) is 6.38. The number of benzene rings is 2. The summed E-state index contributed by atoms with van der Waals surface area (Å²) in [5.74, 6) is -1.19. The summed E-state index contributed by atoms with van der Waals surface area (Å²) in [4.78, 5) is 15.1. The summed E-state index contributed by atoms with van der Waals surface area (Å²) in [7, 11) is 1.52. The van der Waals surface area contributed by atoms with E-state index in [1.165, 1.54) is 25.3 Å². The van der Waals surface area contributed by atoms with Crippen LogP contribution in [0.5, 0.6) is 5.75 Å². The zero-order chi connectivity index (χ0) is 25.2. The summed E-state index contributed by atoms with van der Waals surface area (Å²) in [6.07, 6.45) is -2.29. The lowest BCUT2D eigenvalue weighted by Gasteiger charge is -2.32. The molecule has 196 valence electrons. The number of aromatic nitrogens is 1. The Bertz CT molecular complexity index is 1210. The highest BCUT2D eigenvalue weighted by Gasteiger charge is 2.34. The number of carbonyl (C=O) groups is 1. The van der Waals surface area contributed by atoms with E-state index in [4.69, 9.17) is 10.5 Å². The van der Waals surface area contributed by atoms with E-state index in [0.717, 1.165) is 5.56 Å². The molecule has 1 aliphatic heterocycles. The molecule has 11 heteroatoms. The maximum Gasteiger partial charge on any atom is 0.573 e. The second-order valence-corrected chi connectivity index (χ2v) is 8.55. The summed E-state index contributed by atoms with van der Waals surface area (Å²) in [5.41, 5.74) is 7.68. The van der Waals surface area contributed by atoms with Crippen molar-refractivity contribution >= 4 is 29.2 Å². The van der Waals surface area contributed by atoms with Crippen LogP contribution in [0.15, 0.2) is 42.6 Å². The third kappa shape index (κ3) is 5.93. The van der Waals surface area contributed by atoms with E-state index in [1.54, 1.807) is 33.9 Å². The predicted molar refractivity (Wildman–Crippen MR) is 130 cm³/mol. The van der Waals surface area contributed by atoms with Crippen LogP contribution in [-0.4, -0.2) is 48.5 Å². The Kier molecular flexibility index (Phi) is 8.86. The highest BCUT2D eigenvalue weighted by molar-refractivity contribution is 6.09. The van der Waals surface area contributed by atoms with Crippen LogP contribution in [0.2, 0.25) is 0 Å². The van der Waals surface area contributed by atoms with E-state index in [1.807, 2.05) is 0 Å². The van der Waals surface area contributed by atoms with Crippen molar-refractivity contribution in [2.24, 2.45) is 5.73 Å². The molecule has 1 aromatic heterocycles. The molecule has 0 bridgehead atoms. The zero-order valence-corrected chi connectivity index (χ0v) is 20.5. The van der Waals surface area contributed by atoms with Gasteiger partial charge in [0.2, 0.25) is 0 Å². The molecule has 1 saturated heterocycles. The standard InChI is InChI=1S/C25H27F4N3O3.ClH/c1-34-12-11-32-15-19(23-21(32)3-2-4-22(23)35-25(27,28)29)24(33)31-9-7-17(8-10-31)18-13-16(14-30)5-6-20(18)26;/h2-6,13,15,17H,7-12,14,30H2,1H3;1H. The van der Waals surface area contributed by atoms with Gasteiger partial charge in [0, 0.05) is 39.5 Å². The van der Waals surface area contributed by atoms with Gasteiger partial charge in [0.25, 0.3) is 5.91 Å². The average molecular weight is 530 g/mol. The van der Waals surface area contributed by atoms with Crippen molar-refractivity contribution in [1.82, 2.24) is 9.47 Å². The molecule has 6 nitrogen and oxygen atoms in total. The van der Waals surface area contributed by atoms with Crippen molar-refractivity contribution in [1.29, 1.82) is 0 Å². The monoisotopic (exact) mass is 529 g/mol. The molecule has 1 amide bonds. The molecule has 3 aromatic rings. The van der Waals surface area contributed by atoms with Crippen molar-refractivity contribution in [2.75, 3.05) is 26.8 Å². The van der Waals surface area contributed by atoms with Gasteiger partial charge in [0.1, 0.15) is 11.6 Å². The fraction of sp³-hybridized carbons (Fsp3) is 0.400. The van der Waals surface area contributed by atoms with Gasteiger partial charge in [-0.25, -0.2) is 4.39 Å². The van der Waals surface area contributed by atoms with Gasteiger partial charge in [-0.15, -0.1) is 25.6 Å². The number of alkyl halides is 3. The lowest BCUT2D eigenvalue weighted by molar-refractivity contribution is -0.274. The molecule has 4 rings (SSSR count). The third-order valence-corrected chi connectivity index (χ3v) is 6.38. The van der Waals surface area contributed by atoms with Gasteiger partial charge in [-0.2, -0.15) is 0 Å². The number of hydrogen-bond acceptors (Lipinski definition) is 4. The minimum atomic E-state index is -4.90. The molecule has 2 aromatic carbocycles. The SMILES string of the molecule is COCCn1cc(C(=O)N2CCC(c3cc(CN)ccc3F)CC2)c2c(OC(F)(F)F)cccc21.Cl. The van der Waals surface area contributed by atoms with Crippen LogP contribution in [0.25, 0.3) is 10.9 Å². The van der Waals surface area contributed by atoms with E-state index in [9.17, 15) is 22.4 Å².